The second-order valence-electron chi connectivity index (χ2n) is 5.00. The van der Waals surface area contributed by atoms with Crippen LogP contribution in [0.2, 0.25) is 0 Å². The fourth-order valence-corrected chi connectivity index (χ4v) is 2.08. The van der Waals surface area contributed by atoms with E-state index in [-0.39, 0.29) is 12.4 Å². The molecule has 0 fully saturated rings. The fourth-order valence-electron chi connectivity index (χ4n) is 2.08. The van der Waals surface area contributed by atoms with Crippen molar-refractivity contribution in [2.75, 3.05) is 27.9 Å². The summed E-state index contributed by atoms with van der Waals surface area (Å²) >= 11 is 0. The molecule has 0 spiro atoms. The van der Waals surface area contributed by atoms with Crippen LogP contribution < -0.4 is 24.4 Å². The number of methoxy groups -OCH3 is 3. The van der Waals surface area contributed by atoms with Gasteiger partial charge >= 0.3 is 0 Å². The predicted octanol–water partition coefficient (Wildman–Crippen LogP) is 1.95. The van der Waals surface area contributed by atoms with Crippen LogP contribution in [-0.4, -0.2) is 45.2 Å². The molecule has 0 aromatic heterocycles. The zero-order valence-corrected chi connectivity index (χ0v) is 14.7. The van der Waals surface area contributed by atoms with E-state index >= 15 is 0 Å². The molecule has 0 heterocycles. The number of phenols is 1. The van der Waals surface area contributed by atoms with Gasteiger partial charge in [-0.3, -0.25) is 4.79 Å². The van der Waals surface area contributed by atoms with Crippen LogP contribution in [0.3, 0.4) is 0 Å². The third-order valence-electron chi connectivity index (χ3n) is 3.34. The van der Waals surface area contributed by atoms with Crippen molar-refractivity contribution in [1.29, 1.82) is 0 Å². The number of aromatic hydroxyl groups is 1. The van der Waals surface area contributed by atoms with Gasteiger partial charge < -0.3 is 24.1 Å². The number of nitrogens with zero attached hydrogens (tertiary/aromatic N) is 1. The highest BCUT2D eigenvalue weighted by Gasteiger charge is 2.12. The van der Waals surface area contributed by atoms with Crippen LogP contribution in [0.15, 0.2) is 41.5 Å². The Balaban J connectivity index is 1.94. The van der Waals surface area contributed by atoms with Crippen molar-refractivity contribution < 1.29 is 28.8 Å². The van der Waals surface area contributed by atoms with Crippen LogP contribution >= 0.6 is 0 Å². The number of hydrogen-bond acceptors (Lipinski definition) is 7. The molecule has 2 rings (SSSR count). The first-order valence-corrected chi connectivity index (χ1v) is 7.61. The summed E-state index contributed by atoms with van der Waals surface area (Å²) in [4.78, 5) is 11.9. The molecule has 8 nitrogen and oxygen atoms in total. The van der Waals surface area contributed by atoms with E-state index in [1.165, 1.54) is 33.6 Å². The van der Waals surface area contributed by atoms with Crippen molar-refractivity contribution >= 4 is 12.1 Å². The lowest BCUT2D eigenvalue weighted by Gasteiger charge is -2.13. The molecule has 0 unspecified atom stereocenters. The highest BCUT2D eigenvalue weighted by atomic mass is 16.5. The minimum atomic E-state index is -0.458. The third-order valence-corrected chi connectivity index (χ3v) is 3.34. The van der Waals surface area contributed by atoms with Crippen molar-refractivity contribution in [2.45, 2.75) is 0 Å². The Morgan fingerprint density at radius 2 is 1.73 bits per heavy atom. The average molecular weight is 360 g/mol. The molecule has 0 saturated carbocycles. The van der Waals surface area contributed by atoms with Gasteiger partial charge in [-0.2, -0.15) is 5.10 Å². The van der Waals surface area contributed by atoms with E-state index < -0.39 is 5.91 Å². The Morgan fingerprint density at radius 3 is 2.35 bits per heavy atom. The number of rotatable bonds is 8. The molecule has 0 bridgehead atoms. The molecule has 0 aliphatic rings. The normalized spacial score (nSPS) is 10.4. The summed E-state index contributed by atoms with van der Waals surface area (Å²) in [5, 5.41) is 13.4. The van der Waals surface area contributed by atoms with Crippen LogP contribution in [0, 0.1) is 0 Å². The lowest BCUT2D eigenvalue weighted by molar-refractivity contribution is -0.123. The molecular weight excluding hydrogens is 340 g/mol. The van der Waals surface area contributed by atoms with E-state index in [1.807, 2.05) is 0 Å². The Morgan fingerprint density at radius 1 is 1.08 bits per heavy atom. The van der Waals surface area contributed by atoms with Crippen molar-refractivity contribution in [2.24, 2.45) is 5.10 Å². The van der Waals surface area contributed by atoms with Gasteiger partial charge in [-0.05, 0) is 35.9 Å². The van der Waals surface area contributed by atoms with Gasteiger partial charge in [0.2, 0.25) is 5.75 Å². The number of carbonyl (C=O) groups excluding carboxylic acids is 1. The summed E-state index contributed by atoms with van der Waals surface area (Å²) in [6.07, 6.45) is 1.42. The summed E-state index contributed by atoms with van der Waals surface area (Å²) in [6.45, 7) is -0.271. The smallest absolute Gasteiger partial charge is 0.277 e. The second-order valence-corrected chi connectivity index (χ2v) is 5.00. The molecule has 0 aliphatic heterocycles. The number of phenolic OH excluding ortho intramolecular Hbond substituents is 1. The maximum absolute atomic E-state index is 11.9. The number of benzene rings is 2. The Hall–Kier alpha value is -3.42. The SMILES string of the molecule is COc1cc(/C=N\NC(=O)COc2c(OC)cccc2OC)ccc1O. The maximum atomic E-state index is 11.9. The zero-order valence-electron chi connectivity index (χ0n) is 14.7. The largest absolute Gasteiger partial charge is 0.504 e. The van der Waals surface area contributed by atoms with Crippen LogP contribution in [0.4, 0.5) is 0 Å². The average Bonchev–Trinajstić information content (AvgIpc) is 2.67. The molecule has 1 amide bonds. The van der Waals surface area contributed by atoms with Gasteiger partial charge in [0.05, 0.1) is 27.5 Å². The van der Waals surface area contributed by atoms with E-state index in [4.69, 9.17) is 18.9 Å². The highest BCUT2D eigenvalue weighted by Crippen LogP contribution is 2.36. The number of hydrogen-bond donors (Lipinski definition) is 2. The molecule has 2 aromatic carbocycles. The van der Waals surface area contributed by atoms with Gasteiger partial charge in [0.25, 0.3) is 5.91 Å². The first-order chi connectivity index (χ1) is 12.6. The van der Waals surface area contributed by atoms with E-state index in [2.05, 4.69) is 10.5 Å². The van der Waals surface area contributed by atoms with Gasteiger partial charge in [0, 0.05) is 0 Å². The summed E-state index contributed by atoms with van der Waals surface area (Å²) in [5.74, 6) is 1.12. The third kappa shape index (κ3) is 4.79. The lowest BCUT2D eigenvalue weighted by atomic mass is 10.2. The molecule has 2 N–H and O–H groups in total. The first kappa shape index (κ1) is 18.9. The quantitative estimate of drug-likeness (QED) is 0.551. The number of carbonyl (C=O) groups is 1. The lowest BCUT2D eigenvalue weighted by Crippen LogP contribution is -2.24. The van der Waals surface area contributed by atoms with Crippen LogP contribution in [0.5, 0.6) is 28.7 Å². The minimum Gasteiger partial charge on any atom is -0.504 e. The summed E-state index contributed by atoms with van der Waals surface area (Å²) in [6, 6.07) is 9.84. The van der Waals surface area contributed by atoms with Gasteiger partial charge in [0.1, 0.15) is 0 Å². The second kappa shape index (κ2) is 9.16. The predicted molar refractivity (Wildman–Crippen MR) is 95.4 cm³/mol. The zero-order chi connectivity index (χ0) is 18.9. The molecular formula is C18H20N2O6. The van der Waals surface area contributed by atoms with E-state index in [1.54, 1.807) is 30.3 Å². The van der Waals surface area contributed by atoms with E-state index in [0.29, 0.717) is 28.6 Å². The molecule has 26 heavy (non-hydrogen) atoms. The first-order valence-electron chi connectivity index (χ1n) is 7.61. The molecule has 0 radical (unpaired) electrons. The summed E-state index contributed by atoms with van der Waals surface area (Å²) in [5.41, 5.74) is 2.99. The number of hydrazone groups is 1. The van der Waals surface area contributed by atoms with Gasteiger partial charge in [0.15, 0.2) is 29.6 Å². The summed E-state index contributed by atoms with van der Waals surface area (Å²) < 4.78 is 20.9. The Kier molecular flexibility index (Phi) is 6.67. The number of para-hydroxylation sites is 1. The molecule has 0 saturated heterocycles. The van der Waals surface area contributed by atoms with Gasteiger partial charge in [-0.15, -0.1) is 0 Å². The fraction of sp³-hybridized carbons (Fsp3) is 0.222. The monoisotopic (exact) mass is 360 g/mol. The molecule has 2 aromatic rings. The van der Waals surface area contributed by atoms with Crippen molar-refractivity contribution in [1.82, 2.24) is 5.43 Å². The van der Waals surface area contributed by atoms with E-state index in [9.17, 15) is 9.90 Å². The van der Waals surface area contributed by atoms with Gasteiger partial charge in [-0.25, -0.2) is 5.43 Å². The highest BCUT2D eigenvalue weighted by molar-refractivity contribution is 5.83. The van der Waals surface area contributed by atoms with Gasteiger partial charge in [-0.1, -0.05) is 6.07 Å². The minimum absolute atomic E-state index is 0.0211. The van der Waals surface area contributed by atoms with Crippen molar-refractivity contribution in [3.63, 3.8) is 0 Å². The standard InChI is InChI=1S/C18H20N2O6/c1-23-14-5-4-6-15(24-2)18(14)26-11-17(22)20-19-10-12-7-8-13(21)16(9-12)25-3/h4-10,21H,11H2,1-3H3,(H,20,22)/b19-10-. The van der Waals surface area contributed by atoms with Crippen LogP contribution in [0.25, 0.3) is 0 Å². The number of ether oxygens (including phenoxy) is 4. The molecule has 0 atom stereocenters. The Labute approximate surface area is 151 Å². The maximum Gasteiger partial charge on any atom is 0.277 e. The molecule has 138 valence electrons. The Bertz CT molecular complexity index is 769. The number of nitrogens with one attached hydrogen (secondary N) is 1. The van der Waals surface area contributed by atoms with Crippen molar-refractivity contribution in [3.8, 4) is 28.7 Å². The van der Waals surface area contributed by atoms with Crippen LogP contribution in [0.1, 0.15) is 5.56 Å². The van der Waals surface area contributed by atoms with Crippen LogP contribution in [-0.2, 0) is 4.79 Å². The number of amides is 1. The topological polar surface area (TPSA) is 98.6 Å². The molecule has 0 aliphatic carbocycles. The summed E-state index contributed by atoms with van der Waals surface area (Å²) in [7, 11) is 4.44. The van der Waals surface area contributed by atoms with Crippen molar-refractivity contribution in [3.05, 3.63) is 42.0 Å². The van der Waals surface area contributed by atoms with E-state index in [0.717, 1.165) is 0 Å². The molecule has 8 heteroatoms.